The second-order valence-electron chi connectivity index (χ2n) is 2.93. The Morgan fingerprint density at radius 2 is 2.14 bits per heavy atom. The Hall–Kier alpha value is -1.75. The molecular weight excluding hydrogens is 171 g/mol. The highest BCUT2D eigenvalue weighted by molar-refractivity contribution is 6.42. The molecule has 0 saturated heterocycles. The van der Waals surface area contributed by atoms with Crippen LogP contribution in [-0.2, 0) is 4.79 Å². The average molecular weight is 180 g/mol. The Labute approximate surface area is 85.2 Å². The summed E-state index contributed by atoms with van der Waals surface area (Å²) in [5, 5.41) is 0. The lowest BCUT2D eigenvalue weighted by atomic mass is 9.89. The summed E-state index contributed by atoms with van der Waals surface area (Å²) in [4.78, 5) is 11.0. The van der Waals surface area contributed by atoms with Crippen LogP contribution in [0.1, 0.15) is 11.1 Å². The number of hydrogen-bond donors (Lipinski definition) is 0. The highest BCUT2D eigenvalue weighted by Gasteiger charge is 1.99. The zero-order valence-electron chi connectivity index (χ0n) is 7.95. The van der Waals surface area contributed by atoms with Crippen molar-refractivity contribution in [2.75, 3.05) is 0 Å². The van der Waals surface area contributed by atoms with Gasteiger partial charge in [-0.1, -0.05) is 30.3 Å². The monoisotopic (exact) mass is 180 g/mol. The van der Waals surface area contributed by atoms with Crippen molar-refractivity contribution in [2.24, 2.45) is 0 Å². The number of aryl methyl sites for hydroxylation is 1. The first-order chi connectivity index (χ1) is 6.65. The smallest absolute Gasteiger partial charge is 0.221 e. The highest BCUT2D eigenvalue weighted by atomic mass is 16.1. The molecule has 1 aromatic rings. The summed E-state index contributed by atoms with van der Waals surface area (Å²) < 4.78 is 0. The summed E-state index contributed by atoms with van der Waals surface area (Å²) in [6.45, 7) is 1.94. The molecule has 0 heterocycles. The highest BCUT2D eigenvalue weighted by Crippen LogP contribution is 2.10. The molecule has 0 bridgehead atoms. The number of carbonyl (C=O) groups excluding carboxylic acids is 1. The van der Waals surface area contributed by atoms with E-state index in [1.54, 1.807) is 6.08 Å². The van der Waals surface area contributed by atoms with Crippen LogP contribution in [0, 0.1) is 19.3 Å². The van der Waals surface area contributed by atoms with E-state index in [4.69, 9.17) is 14.3 Å². The van der Waals surface area contributed by atoms with Crippen molar-refractivity contribution >= 4 is 19.7 Å². The quantitative estimate of drug-likeness (QED) is 0.293. The van der Waals surface area contributed by atoms with Gasteiger partial charge in [0.1, 0.15) is 7.85 Å². The van der Waals surface area contributed by atoms with Crippen molar-refractivity contribution in [3.63, 3.8) is 0 Å². The van der Waals surface area contributed by atoms with Gasteiger partial charge in [0.15, 0.2) is 0 Å². The maximum atomic E-state index is 11.0. The van der Waals surface area contributed by atoms with Crippen molar-refractivity contribution in [1.29, 1.82) is 0 Å². The van der Waals surface area contributed by atoms with Gasteiger partial charge < -0.3 is 0 Å². The van der Waals surface area contributed by atoms with E-state index in [2.05, 4.69) is 0 Å². The van der Waals surface area contributed by atoms with Gasteiger partial charge in [0.2, 0.25) is 5.78 Å². The SMILES string of the molecule is [B]/C(=C/c1ccccc1C)C(=O)C#C. The zero-order valence-corrected chi connectivity index (χ0v) is 7.95. The van der Waals surface area contributed by atoms with Gasteiger partial charge >= 0.3 is 0 Å². The summed E-state index contributed by atoms with van der Waals surface area (Å²) in [5.74, 6) is 1.49. The second kappa shape index (κ2) is 4.48. The van der Waals surface area contributed by atoms with E-state index in [-0.39, 0.29) is 5.47 Å². The number of ketones is 1. The molecule has 0 amide bonds. The molecule has 0 aliphatic heterocycles. The number of terminal acetylenes is 1. The molecule has 0 fully saturated rings. The lowest BCUT2D eigenvalue weighted by Crippen LogP contribution is -1.98. The molecule has 66 valence electrons. The minimum atomic E-state index is -0.478. The third kappa shape index (κ3) is 2.37. The summed E-state index contributed by atoms with van der Waals surface area (Å²) in [6.07, 6.45) is 6.54. The standard InChI is InChI=1S/C12H9BO/c1-3-12(14)11(13)8-10-7-5-4-6-9(10)2/h1,4-8H,2H3/b11-8+. The van der Waals surface area contributed by atoms with E-state index in [1.807, 2.05) is 37.1 Å². The van der Waals surface area contributed by atoms with E-state index in [0.29, 0.717) is 0 Å². The van der Waals surface area contributed by atoms with Crippen LogP contribution in [0.2, 0.25) is 0 Å². The molecule has 0 N–H and O–H groups in total. The molecule has 1 aromatic carbocycles. The van der Waals surface area contributed by atoms with Crippen LogP contribution in [0.5, 0.6) is 0 Å². The van der Waals surface area contributed by atoms with Crippen LogP contribution in [0.25, 0.3) is 6.08 Å². The third-order valence-electron chi connectivity index (χ3n) is 1.89. The molecule has 2 heteroatoms. The summed E-state index contributed by atoms with van der Waals surface area (Å²) in [6, 6.07) is 7.63. The van der Waals surface area contributed by atoms with Crippen LogP contribution < -0.4 is 0 Å². The Morgan fingerprint density at radius 3 is 2.71 bits per heavy atom. The molecule has 14 heavy (non-hydrogen) atoms. The molecule has 1 nitrogen and oxygen atoms in total. The molecule has 0 saturated carbocycles. The first kappa shape index (κ1) is 10.3. The number of Topliss-reactive ketones (excluding diaryl/α,β-unsaturated/α-hetero) is 1. The van der Waals surface area contributed by atoms with Gasteiger partial charge in [-0.3, -0.25) is 4.79 Å². The second-order valence-corrected chi connectivity index (χ2v) is 2.93. The fraction of sp³-hybridized carbons (Fsp3) is 0.0833. The van der Waals surface area contributed by atoms with E-state index >= 15 is 0 Å². The van der Waals surface area contributed by atoms with Crippen LogP contribution in [0.4, 0.5) is 0 Å². The van der Waals surface area contributed by atoms with Crippen molar-refractivity contribution in [2.45, 2.75) is 6.92 Å². The fourth-order valence-corrected chi connectivity index (χ4v) is 1.07. The molecule has 0 aliphatic carbocycles. The van der Waals surface area contributed by atoms with Gasteiger partial charge in [-0.2, -0.15) is 0 Å². The van der Waals surface area contributed by atoms with Crippen molar-refractivity contribution in [1.82, 2.24) is 0 Å². The number of hydrogen-bond acceptors (Lipinski definition) is 1. The number of benzene rings is 1. The molecule has 0 atom stereocenters. The number of rotatable bonds is 2. The molecule has 1 rings (SSSR count). The number of allylic oxidation sites excluding steroid dienone is 1. The third-order valence-corrected chi connectivity index (χ3v) is 1.89. The van der Waals surface area contributed by atoms with E-state index in [0.717, 1.165) is 11.1 Å². The minimum absolute atomic E-state index is 0.0989. The zero-order chi connectivity index (χ0) is 10.6. The van der Waals surface area contributed by atoms with Crippen LogP contribution in [-0.4, -0.2) is 13.6 Å². The van der Waals surface area contributed by atoms with Crippen LogP contribution in [0.15, 0.2) is 29.7 Å². The van der Waals surface area contributed by atoms with Crippen molar-refractivity contribution < 1.29 is 4.79 Å². The Balaban J connectivity index is 3.05. The predicted molar refractivity (Wildman–Crippen MR) is 58.8 cm³/mol. The average Bonchev–Trinajstić information content (AvgIpc) is 2.20. The largest absolute Gasteiger partial charge is 0.281 e. The first-order valence-corrected chi connectivity index (χ1v) is 4.19. The van der Waals surface area contributed by atoms with E-state index in [1.165, 1.54) is 0 Å². The van der Waals surface area contributed by atoms with Gasteiger partial charge in [-0.05, 0) is 29.4 Å². The summed E-state index contributed by atoms with van der Waals surface area (Å²) in [5.41, 5.74) is 2.07. The maximum absolute atomic E-state index is 11.0. The molecule has 0 aliphatic rings. The Kier molecular flexibility index (Phi) is 3.31. The normalized spacial score (nSPS) is 10.7. The lowest BCUT2D eigenvalue weighted by molar-refractivity contribution is -0.109. The first-order valence-electron chi connectivity index (χ1n) is 4.19. The number of carbonyl (C=O) groups is 1. The van der Waals surface area contributed by atoms with E-state index < -0.39 is 5.78 Å². The lowest BCUT2D eigenvalue weighted by Gasteiger charge is -2.00. The molecular formula is C12H9BO. The molecule has 0 spiro atoms. The van der Waals surface area contributed by atoms with Gasteiger partial charge in [-0.25, -0.2) is 0 Å². The van der Waals surface area contributed by atoms with Crippen LogP contribution in [0.3, 0.4) is 0 Å². The summed E-state index contributed by atoms with van der Waals surface area (Å²) in [7, 11) is 5.50. The topological polar surface area (TPSA) is 17.1 Å². The van der Waals surface area contributed by atoms with Gasteiger partial charge in [0, 0.05) is 0 Å². The molecule has 0 aromatic heterocycles. The molecule has 2 radical (unpaired) electrons. The van der Waals surface area contributed by atoms with Gasteiger partial charge in [0.25, 0.3) is 0 Å². The van der Waals surface area contributed by atoms with Crippen molar-refractivity contribution in [3.8, 4) is 12.3 Å². The van der Waals surface area contributed by atoms with Crippen LogP contribution >= 0.6 is 0 Å². The summed E-state index contributed by atoms with van der Waals surface area (Å²) >= 11 is 0. The Morgan fingerprint density at radius 1 is 1.50 bits per heavy atom. The fourth-order valence-electron chi connectivity index (χ4n) is 1.07. The maximum Gasteiger partial charge on any atom is 0.221 e. The minimum Gasteiger partial charge on any atom is -0.281 e. The van der Waals surface area contributed by atoms with Gasteiger partial charge in [0.05, 0.1) is 0 Å². The predicted octanol–water partition coefficient (Wildman–Crippen LogP) is 1.71. The Bertz CT molecular complexity index is 424. The van der Waals surface area contributed by atoms with Crippen molar-refractivity contribution in [3.05, 3.63) is 40.9 Å². The van der Waals surface area contributed by atoms with E-state index in [9.17, 15) is 4.79 Å². The van der Waals surface area contributed by atoms with Gasteiger partial charge in [-0.15, -0.1) is 6.42 Å². The molecule has 0 unspecified atom stereocenters.